The average Bonchev–Trinajstić information content (AvgIpc) is 3.58. The zero-order valence-corrected chi connectivity index (χ0v) is 22.1. The highest BCUT2D eigenvalue weighted by atomic mass is 32.1. The minimum absolute atomic E-state index is 0.724. The third-order valence-corrected chi connectivity index (χ3v) is 9.02. The summed E-state index contributed by atoms with van der Waals surface area (Å²) in [7, 11) is 0. The van der Waals surface area contributed by atoms with Gasteiger partial charge in [0, 0.05) is 52.8 Å². The number of fused-ring (bicyclic) bond motifs is 9. The highest BCUT2D eigenvalue weighted by molar-refractivity contribution is 7.25. The van der Waals surface area contributed by atoms with Crippen LogP contribution in [0.1, 0.15) is 0 Å². The van der Waals surface area contributed by atoms with Gasteiger partial charge in [-0.25, -0.2) is 9.97 Å². The van der Waals surface area contributed by atoms with Gasteiger partial charge in [-0.2, -0.15) is 0 Å². The molecule has 0 aliphatic rings. The van der Waals surface area contributed by atoms with Crippen molar-refractivity contribution in [1.82, 2.24) is 9.97 Å². The number of hydrogen-bond acceptors (Lipinski definition) is 4. The van der Waals surface area contributed by atoms with Gasteiger partial charge >= 0.3 is 0 Å². The number of hydrogen-bond donors (Lipinski definition) is 0. The zero-order chi connectivity index (χ0) is 26.2. The standard InChI is InChI=1S/C36H20N2OS/c1-4-13-29-27(11-1)34(38-36(37-29)22-17-18-25-24-10-3-6-15-31(24)40-32(25)20-22)28-12-7-8-21-16-19-26-23-9-2-5-14-30(23)39-35(26)33(21)28/h1-20H. The van der Waals surface area contributed by atoms with Gasteiger partial charge in [-0.05, 0) is 35.7 Å². The molecule has 3 aromatic heterocycles. The minimum atomic E-state index is 0.724. The molecule has 0 bridgehead atoms. The number of para-hydroxylation sites is 2. The maximum atomic E-state index is 6.49. The number of thiophene rings is 1. The van der Waals surface area contributed by atoms with Crippen molar-refractivity contribution in [2.24, 2.45) is 0 Å². The van der Waals surface area contributed by atoms with Gasteiger partial charge < -0.3 is 4.42 Å². The van der Waals surface area contributed by atoms with Crippen LogP contribution in [0, 0.1) is 0 Å². The van der Waals surface area contributed by atoms with Crippen LogP contribution in [0.4, 0.5) is 0 Å². The van der Waals surface area contributed by atoms with Crippen molar-refractivity contribution in [1.29, 1.82) is 0 Å². The Morgan fingerprint density at radius 3 is 2.27 bits per heavy atom. The third-order valence-electron chi connectivity index (χ3n) is 7.88. The number of furan rings is 1. The van der Waals surface area contributed by atoms with Crippen LogP contribution in [-0.2, 0) is 0 Å². The van der Waals surface area contributed by atoms with Crippen molar-refractivity contribution < 1.29 is 4.42 Å². The largest absolute Gasteiger partial charge is 0.455 e. The molecule has 3 nitrogen and oxygen atoms in total. The topological polar surface area (TPSA) is 38.9 Å². The summed E-state index contributed by atoms with van der Waals surface area (Å²) in [6.07, 6.45) is 0. The Morgan fingerprint density at radius 1 is 0.550 bits per heavy atom. The summed E-state index contributed by atoms with van der Waals surface area (Å²) in [6, 6.07) is 42.4. The van der Waals surface area contributed by atoms with Crippen molar-refractivity contribution in [2.75, 3.05) is 0 Å². The monoisotopic (exact) mass is 528 g/mol. The van der Waals surface area contributed by atoms with Crippen molar-refractivity contribution in [3.05, 3.63) is 121 Å². The fraction of sp³-hybridized carbons (Fsp3) is 0. The lowest BCUT2D eigenvalue weighted by Crippen LogP contribution is -1.96. The van der Waals surface area contributed by atoms with E-state index in [9.17, 15) is 0 Å². The van der Waals surface area contributed by atoms with Gasteiger partial charge in [0.1, 0.15) is 11.2 Å². The zero-order valence-electron chi connectivity index (χ0n) is 21.3. The van der Waals surface area contributed by atoms with Gasteiger partial charge in [-0.3, -0.25) is 0 Å². The molecule has 9 aromatic rings. The first-order valence-electron chi connectivity index (χ1n) is 13.3. The van der Waals surface area contributed by atoms with Crippen molar-refractivity contribution in [2.45, 2.75) is 0 Å². The van der Waals surface area contributed by atoms with E-state index < -0.39 is 0 Å². The van der Waals surface area contributed by atoms with Crippen LogP contribution in [-0.4, -0.2) is 9.97 Å². The summed E-state index contributed by atoms with van der Waals surface area (Å²) >= 11 is 1.81. The molecular formula is C36H20N2OS. The first-order valence-corrected chi connectivity index (χ1v) is 14.2. The second kappa shape index (κ2) is 8.22. The van der Waals surface area contributed by atoms with E-state index in [1.807, 2.05) is 29.5 Å². The average molecular weight is 529 g/mol. The summed E-state index contributed by atoms with van der Waals surface area (Å²) in [5.74, 6) is 0.724. The molecule has 0 saturated heterocycles. The van der Waals surface area contributed by atoms with E-state index in [0.717, 1.165) is 66.3 Å². The molecule has 0 aliphatic carbocycles. The van der Waals surface area contributed by atoms with Crippen LogP contribution in [0.3, 0.4) is 0 Å². The Balaban J connectivity index is 1.34. The molecule has 40 heavy (non-hydrogen) atoms. The molecule has 0 spiro atoms. The molecule has 0 atom stereocenters. The van der Waals surface area contributed by atoms with Gasteiger partial charge in [0.25, 0.3) is 0 Å². The lowest BCUT2D eigenvalue weighted by molar-refractivity contribution is 0.673. The number of aromatic nitrogens is 2. The summed E-state index contributed by atoms with van der Waals surface area (Å²) in [5.41, 5.74) is 5.68. The van der Waals surface area contributed by atoms with Gasteiger partial charge in [0.05, 0.1) is 11.2 Å². The predicted molar refractivity (Wildman–Crippen MR) is 168 cm³/mol. The minimum Gasteiger partial charge on any atom is -0.455 e. The summed E-state index contributed by atoms with van der Waals surface area (Å²) in [5, 5.41) is 8.02. The quantitative estimate of drug-likeness (QED) is 0.224. The lowest BCUT2D eigenvalue weighted by atomic mass is 9.97. The molecule has 0 radical (unpaired) electrons. The Morgan fingerprint density at radius 2 is 1.32 bits per heavy atom. The van der Waals surface area contributed by atoms with Gasteiger partial charge in [-0.15, -0.1) is 11.3 Å². The molecule has 9 rings (SSSR count). The fourth-order valence-electron chi connectivity index (χ4n) is 6.03. The number of nitrogens with zero attached hydrogens (tertiary/aromatic N) is 2. The molecule has 0 N–H and O–H groups in total. The number of rotatable bonds is 2. The van der Waals surface area contributed by atoms with Crippen LogP contribution in [0.5, 0.6) is 0 Å². The summed E-state index contributed by atoms with van der Waals surface area (Å²) in [6.45, 7) is 0. The fourth-order valence-corrected chi connectivity index (χ4v) is 7.17. The van der Waals surface area contributed by atoms with E-state index in [-0.39, 0.29) is 0 Å². The van der Waals surface area contributed by atoms with Crippen LogP contribution in [0.2, 0.25) is 0 Å². The van der Waals surface area contributed by atoms with Crippen molar-refractivity contribution in [3.63, 3.8) is 0 Å². The molecule has 6 aromatic carbocycles. The second-order valence-electron chi connectivity index (χ2n) is 10.2. The van der Waals surface area contributed by atoms with Gasteiger partial charge in [0.15, 0.2) is 5.82 Å². The number of benzene rings is 6. The van der Waals surface area contributed by atoms with Crippen molar-refractivity contribution >= 4 is 75.1 Å². The van der Waals surface area contributed by atoms with Crippen LogP contribution in [0.15, 0.2) is 126 Å². The highest BCUT2D eigenvalue weighted by Gasteiger charge is 2.18. The van der Waals surface area contributed by atoms with Crippen LogP contribution >= 0.6 is 11.3 Å². The Hall–Kier alpha value is -5.06. The van der Waals surface area contributed by atoms with Gasteiger partial charge in [0.2, 0.25) is 0 Å². The Labute approximate surface area is 233 Å². The van der Waals surface area contributed by atoms with E-state index in [1.54, 1.807) is 0 Å². The maximum absolute atomic E-state index is 6.49. The first kappa shape index (κ1) is 21.8. The van der Waals surface area contributed by atoms with Crippen molar-refractivity contribution in [3.8, 4) is 22.6 Å². The molecule has 0 saturated carbocycles. The Kier molecular flexibility index (Phi) is 4.48. The smallest absolute Gasteiger partial charge is 0.160 e. The van der Waals surface area contributed by atoms with Crippen LogP contribution in [0.25, 0.3) is 86.4 Å². The van der Waals surface area contributed by atoms with E-state index in [4.69, 9.17) is 14.4 Å². The van der Waals surface area contributed by atoms with Crippen LogP contribution < -0.4 is 0 Å². The van der Waals surface area contributed by atoms with E-state index in [2.05, 4.69) is 103 Å². The molecular weight excluding hydrogens is 508 g/mol. The second-order valence-corrected chi connectivity index (χ2v) is 11.3. The maximum Gasteiger partial charge on any atom is 0.160 e. The van der Waals surface area contributed by atoms with Gasteiger partial charge in [-0.1, -0.05) is 91.0 Å². The molecule has 186 valence electrons. The summed E-state index contributed by atoms with van der Waals surface area (Å²) in [4.78, 5) is 10.3. The van der Waals surface area contributed by atoms with E-state index in [0.29, 0.717) is 0 Å². The molecule has 0 fully saturated rings. The molecule has 4 heteroatoms. The predicted octanol–water partition coefficient (Wildman–Crippen LogP) is 10.4. The highest BCUT2D eigenvalue weighted by Crippen LogP contribution is 2.41. The molecule has 3 heterocycles. The van der Waals surface area contributed by atoms with E-state index >= 15 is 0 Å². The molecule has 0 unspecified atom stereocenters. The first-order chi connectivity index (χ1) is 19.8. The SMILES string of the molecule is c1cc(-c2nc(-c3ccc4c(c3)sc3ccccc34)nc3ccccc23)c2c(c1)ccc1c3ccccc3oc12. The summed E-state index contributed by atoms with van der Waals surface area (Å²) < 4.78 is 9.02. The normalized spacial score (nSPS) is 12.0. The third kappa shape index (κ3) is 3.11. The Bertz CT molecular complexity index is 2450. The van der Waals surface area contributed by atoms with E-state index in [1.165, 1.54) is 20.2 Å². The molecule has 0 aliphatic heterocycles. The molecule has 0 amide bonds. The lowest BCUT2D eigenvalue weighted by Gasteiger charge is -2.12.